The van der Waals surface area contributed by atoms with Gasteiger partial charge in [0.05, 0.1) is 12.0 Å². The summed E-state index contributed by atoms with van der Waals surface area (Å²) in [4.78, 5) is 43.1. The number of hydrogen-bond acceptors (Lipinski definition) is 5. The summed E-state index contributed by atoms with van der Waals surface area (Å²) in [6.07, 6.45) is 3.17. The number of ether oxygens (including phenoxy) is 1. The number of fused-ring (bicyclic) bond motifs is 1. The van der Waals surface area contributed by atoms with Crippen molar-refractivity contribution in [1.29, 1.82) is 0 Å². The Morgan fingerprint density at radius 3 is 2.52 bits per heavy atom. The van der Waals surface area contributed by atoms with E-state index in [1.165, 1.54) is 21.8 Å². The number of aryl methyl sites for hydroxylation is 2. The van der Waals surface area contributed by atoms with Crippen LogP contribution in [0.2, 0.25) is 0 Å². The summed E-state index contributed by atoms with van der Waals surface area (Å²) in [5.41, 5.74) is 7.83. The van der Waals surface area contributed by atoms with E-state index in [2.05, 4.69) is 17.8 Å². The summed E-state index contributed by atoms with van der Waals surface area (Å²) >= 11 is 1.51. The Labute approximate surface area is 197 Å². The van der Waals surface area contributed by atoms with E-state index in [4.69, 9.17) is 4.74 Å². The number of thiophene rings is 1. The van der Waals surface area contributed by atoms with Crippen molar-refractivity contribution in [2.45, 2.75) is 33.1 Å². The first-order valence-corrected chi connectivity index (χ1v) is 12.1. The van der Waals surface area contributed by atoms with Crippen LogP contribution in [0.3, 0.4) is 0 Å². The van der Waals surface area contributed by atoms with Crippen LogP contribution < -0.4 is 15.6 Å². The van der Waals surface area contributed by atoms with Gasteiger partial charge in [0.2, 0.25) is 0 Å². The molecule has 2 heterocycles. The molecule has 176 valence electrons. The maximum absolute atomic E-state index is 12.8. The normalized spacial score (nSPS) is 17.8. The summed E-state index contributed by atoms with van der Waals surface area (Å²) in [5, 5.41) is 0. The molecule has 2 aromatic rings. The summed E-state index contributed by atoms with van der Waals surface area (Å²) in [6.45, 7) is 5.78. The number of rotatable bonds is 3. The number of hydrogen-bond donors (Lipinski definition) is 2. The second-order valence-corrected chi connectivity index (χ2v) is 9.89. The first-order chi connectivity index (χ1) is 15.9. The van der Waals surface area contributed by atoms with Gasteiger partial charge >= 0.3 is 6.03 Å². The number of nitrogens with zero attached hydrogens (tertiary/aromatic N) is 2. The zero-order chi connectivity index (χ0) is 23.5. The third-order valence-corrected chi connectivity index (χ3v) is 7.58. The predicted octanol–water partition coefficient (Wildman–Crippen LogP) is 3.00. The van der Waals surface area contributed by atoms with Gasteiger partial charge in [-0.1, -0.05) is 13.0 Å². The molecule has 0 bridgehead atoms. The number of hydrazine groups is 1. The lowest BCUT2D eigenvalue weighted by Crippen LogP contribution is -2.56. The highest BCUT2D eigenvalue weighted by Crippen LogP contribution is 2.32. The molecule has 1 atom stereocenters. The molecule has 1 aromatic carbocycles. The van der Waals surface area contributed by atoms with Gasteiger partial charge in [0.1, 0.15) is 5.75 Å². The van der Waals surface area contributed by atoms with Crippen molar-refractivity contribution in [2.24, 2.45) is 5.92 Å². The number of piperazine rings is 1. The van der Waals surface area contributed by atoms with E-state index in [1.807, 2.05) is 19.1 Å². The molecule has 1 unspecified atom stereocenters. The third kappa shape index (κ3) is 5.13. The summed E-state index contributed by atoms with van der Waals surface area (Å²) in [5.74, 6) is 0.937. The molecular weight excluding hydrogens is 440 g/mol. The highest BCUT2D eigenvalue weighted by Gasteiger charge is 2.26. The van der Waals surface area contributed by atoms with Crippen LogP contribution in [0.15, 0.2) is 24.3 Å². The fraction of sp³-hybridized carbons (Fsp3) is 0.458. The fourth-order valence-corrected chi connectivity index (χ4v) is 5.42. The molecule has 0 radical (unpaired) electrons. The monoisotopic (exact) mass is 470 g/mol. The standard InChI is InChI=1S/C24H30N4O4S/c1-15-4-7-20-18(12-15)14-21(33-20)22(29)25-26-24(31)28-10-8-27(9-11-28)23(30)17-6-5-16(2)19(13-17)32-3/h5-6,13-15H,4,7-12H2,1-3H3,(H,25,29)(H,26,31). The lowest BCUT2D eigenvalue weighted by molar-refractivity contribution is 0.0662. The van der Waals surface area contributed by atoms with Gasteiger partial charge in [0, 0.05) is 36.6 Å². The van der Waals surface area contributed by atoms with Gasteiger partial charge in [0.15, 0.2) is 0 Å². The van der Waals surface area contributed by atoms with Crippen LogP contribution in [0.1, 0.15) is 49.4 Å². The number of carbonyl (C=O) groups is 3. The number of amides is 4. The minimum absolute atomic E-state index is 0.0855. The van der Waals surface area contributed by atoms with Crippen molar-refractivity contribution >= 4 is 29.2 Å². The molecule has 1 aliphatic heterocycles. The topological polar surface area (TPSA) is 91.0 Å². The minimum Gasteiger partial charge on any atom is -0.496 e. The van der Waals surface area contributed by atoms with Gasteiger partial charge in [-0.15, -0.1) is 11.3 Å². The van der Waals surface area contributed by atoms with E-state index in [1.54, 1.807) is 29.0 Å². The SMILES string of the molecule is COc1cc(C(=O)N2CCN(C(=O)NNC(=O)c3cc4c(s3)CCC(C)C4)CC2)ccc1C. The van der Waals surface area contributed by atoms with Crippen LogP contribution in [0.4, 0.5) is 4.79 Å². The highest BCUT2D eigenvalue weighted by atomic mass is 32.1. The van der Waals surface area contributed by atoms with Crippen LogP contribution >= 0.6 is 11.3 Å². The maximum Gasteiger partial charge on any atom is 0.336 e. The Hall–Kier alpha value is -3.07. The van der Waals surface area contributed by atoms with E-state index in [0.29, 0.717) is 48.3 Å². The molecule has 1 aromatic heterocycles. The molecule has 4 amide bonds. The predicted molar refractivity (Wildman–Crippen MR) is 127 cm³/mol. The van der Waals surface area contributed by atoms with E-state index < -0.39 is 0 Å². The van der Waals surface area contributed by atoms with Crippen molar-refractivity contribution in [3.8, 4) is 5.75 Å². The minimum atomic E-state index is -0.373. The second-order valence-electron chi connectivity index (χ2n) is 8.75. The number of methoxy groups -OCH3 is 1. The first-order valence-electron chi connectivity index (χ1n) is 11.3. The number of nitrogens with one attached hydrogen (secondary N) is 2. The van der Waals surface area contributed by atoms with Crippen molar-refractivity contribution < 1.29 is 19.1 Å². The van der Waals surface area contributed by atoms with Crippen molar-refractivity contribution in [3.05, 3.63) is 50.7 Å². The van der Waals surface area contributed by atoms with Gasteiger partial charge in [-0.3, -0.25) is 15.0 Å². The molecule has 2 aliphatic rings. The van der Waals surface area contributed by atoms with E-state index >= 15 is 0 Å². The van der Waals surface area contributed by atoms with Crippen LogP contribution in [-0.4, -0.2) is 60.9 Å². The van der Waals surface area contributed by atoms with Gasteiger partial charge in [0.25, 0.3) is 11.8 Å². The van der Waals surface area contributed by atoms with E-state index in [0.717, 1.165) is 24.8 Å². The zero-order valence-corrected chi connectivity index (χ0v) is 20.1. The number of carbonyl (C=O) groups excluding carboxylic acids is 3. The lowest BCUT2D eigenvalue weighted by Gasteiger charge is -2.34. The van der Waals surface area contributed by atoms with Gasteiger partial charge in [-0.05, 0) is 61.4 Å². The van der Waals surface area contributed by atoms with Crippen molar-refractivity contribution in [1.82, 2.24) is 20.7 Å². The Morgan fingerprint density at radius 2 is 1.79 bits per heavy atom. The average Bonchev–Trinajstić information content (AvgIpc) is 3.25. The summed E-state index contributed by atoms with van der Waals surface area (Å²) < 4.78 is 5.31. The molecule has 1 aliphatic carbocycles. The van der Waals surface area contributed by atoms with E-state index in [9.17, 15) is 14.4 Å². The van der Waals surface area contributed by atoms with Gasteiger partial charge < -0.3 is 14.5 Å². The van der Waals surface area contributed by atoms with Crippen LogP contribution in [0.25, 0.3) is 0 Å². The first kappa shape index (κ1) is 23.1. The molecule has 8 nitrogen and oxygen atoms in total. The highest BCUT2D eigenvalue weighted by molar-refractivity contribution is 7.14. The average molecular weight is 471 g/mol. The Balaban J connectivity index is 1.26. The van der Waals surface area contributed by atoms with Gasteiger partial charge in [-0.2, -0.15) is 0 Å². The van der Waals surface area contributed by atoms with Crippen molar-refractivity contribution in [3.63, 3.8) is 0 Å². The molecule has 0 saturated carbocycles. The molecular formula is C24H30N4O4S. The quantitative estimate of drug-likeness (QED) is 0.675. The summed E-state index contributed by atoms with van der Waals surface area (Å²) in [7, 11) is 1.58. The van der Waals surface area contributed by atoms with Gasteiger partial charge in [-0.25, -0.2) is 10.2 Å². The summed E-state index contributed by atoms with van der Waals surface area (Å²) in [6, 6.07) is 6.97. The Morgan fingerprint density at radius 1 is 1.06 bits per heavy atom. The molecule has 1 fully saturated rings. The lowest BCUT2D eigenvalue weighted by atomic mass is 9.90. The molecule has 33 heavy (non-hydrogen) atoms. The van der Waals surface area contributed by atoms with Crippen LogP contribution in [0, 0.1) is 12.8 Å². The number of benzene rings is 1. The molecule has 0 spiro atoms. The second kappa shape index (κ2) is 9.82. The largest absolute Gasteiger partial charge is 0.496 e. The maximum atomic E-state index is 12.8. The third-order valence-electron chi connectivity index (χ3n) is 6.35. The molecule has 9 heteroatoms. The van der Waals surface area contributed by atoms with Crippen LogP contribution in [0.5, 0.6) is 5.75 Å². The van der Waals surface area contributed by atoms with Crippen LogP contribution in [-0.2, 0) is 12.8 Å². The smallest absolute Gasteiger partial charge is 0.336 e. The Kier molecular flexibility index (Phi) is 6.88. The molecule has 4 rings (SSSR count). The Bertz CT molecular complexity index is 1060. The fourth-order valence-electron chi connectivity index (χ4n) is 4.32. The van der Waals surface area contributed by atoms with E-state index in [-0.39, 0.29) is 17.8 Å². The zero-order valence-electron chi connectivity index (χ0n) is 19.3. The molecule has 1 saturated heterocycles. The number of urea groups is 1. The van der Waals surface area contributed by atoms with Crippen molar-refractivity contribution in [2.75, 3.05) is 33.3 Å². The molecule has 2 N–H and O–H groups in total.